The molecule has 2 atom stereocenters. The molecule has 0 aromatic heterocycles. The van der Waals surface area contributed by atoms with Gasteiger partial charge in [0.05, 0.1) is 26.4 Å². The fraction of sp³-hybridized carbons (Fsp3) is 1.00. The Balaban J connectivity index is 1.37. The topological polar surface area (TPSA) is 34.3 Å². The Kier molecular flexibility index (Phi) is 6.62. The van der Waals surface area contributed by atoms with E-state index in [0.29, 0.717) is 6.10 Å². The van der Waals surface area contributed by atoms with Gasteiger partial charge in [0.2, 0.25) is 0 Å². The van der Waals surface area contributed by atoms with Gasteiger partial charge in [0.15, 0.2) is 0 Å². The van der Waals surface area contributed by atoms with Crippen LogP contribution in [-0.4, -0.2) is 38.1 Å². The standard InChI is InChI=1S/C16H30O3/c1-2-3-4-5-6-7-8-9-10-16(14-19-16)13-17-11-15-12-18-15/h15H,2-14H2,1H3. The van der Waals surface area contributed by atoms with Crippen molar-refractivity contribution in [1.29, 1.82) is 0 Å². The summed E-state index contributed by atoms with van der Waals surface area (Å²) in [7, 11) is 0. The van der Waals surface area contributed by atoms with Crippen LogP contribution in [0.15, 0.2) is 0 Å². The second-order valence-electron chi connectivity index (χ2n) is 6.17. The average Bonchev–Trinajstić information content (AvgIpc) is 3.30. The highest BCUT2D eigenvalue weighted by Crippen LogP contribution is 2.33. The van der Waals surface area contributed by atoms with Gasteiger partial charge in [-0.1, -0.05) is 58.3 Å². The minimum atomic E-state index is 0.0805. The number of epoxide rings is 2. The van der Waals surface area contributed by atoms with Gasteiger partial charge in [-0.05, 0) is 6.42 Å². The van der Waals surface area contributed by atoms with Crippen molar-refractivity contribution < 1.29 is 14.2 Å². The van der Waals surface area contributed by atoms with Crippen LogP contribution in [0.25, 0.3) is 0 Å². The van der Waals surface area contributed by atoms with Gasteiger partial charge in [-0.15, -0.1) is 0 Å². The molecule has 2 fully saturated rings. The van der Waals surface area contributed by atoms with E-state index in [4.69, 9.17) is 14.2 Å². The van der Waals surface area contributed by atoms with Gasteiger partial charge in [0, 0.05) is 0 Å². The number of unbranched alkanes of at least 4 members (excludes halogenated alkanes) is 7. The maximum Gasteiger partial charge on any atom is 0.115 e. The van der Waals surface area contributed by atoms with E-state index in [-0.39, 0.29) is 5.60 Å². The quantitative estimate of drug-likeness (QED) is 0.378. The fourth-order valence-electron chi connectivity index (χ4n) is 2.52. The molecule has 0 aromatic rings. The van der Waals surface area contributed by atoms with Crippen molar-refractivity contribution in [2.75, 3.05) is 26.4 Å². The number of rotatable bonds is 13. The van der Waals surface area contributed by atoms with E-state index < -0.39 is 0 Å². The van der Waals surface area contributed by atoms with Gasteiger partial charge in [0.1, 0.15) is 11.7 Å². The molecule has 2 saturated heterocycles. The molecule has 0 aromatic carbocycles. The minimum absolute atomic E-state index is 0.0805. The molecule has 3 heteroatoms. The van der Waals surface area contributed by atoms with Crippen LogP contribution in [-0.2, 0) is 14.2 Å². The summed E-state index contributed by atoms with van der Waals surface area (Å²) in [5, 5.41) is 0. The summed E-state index contributed by atoms with van der Waals surface area (Å²) in [5.41, 5.74) is 0.0805. The molecule has 3 nitrogen and oxygen atoms in total. The molecule has 0 aliphatic carbocycles. The van der Waals surface area contributed by atoms with Crippen LogP contribution in [0.4, 0.5) is 0 Å². The van der Waals surface area contributed by atoms with E-state index in [1.165, 1.54) is 57.8 Å². The largest absolute Gasteiger partial charge is 0.376 e. The van der Waals surface area contributed by atoms with E-state index >= 15 is 0 Å². The summed E-state index contributed by atoms with van der Waals surface area (Å²) < 4.78 is 16.4. The van der Waals surface area contributed by atoms with Crippen LogP contribution in [0.5, 0.6) is 0 Å². The molecule has 2 heterocycles. The van der Waals surface area contributed by atoms with Crippen molar-refractivity contribution in [3.05, 3.63) is 0 Å². The van der Waals surface area contributed by atoms with E-state index in [2.05, 4.69) is 6.92 Å². The predicted octanol–water partition coefficient (Wildman–Crippen LogP) is 3.70. The molecule has 0 radical (unpaired) electrons. The summed E-state index contributed by atoms with van der Waals surface area (Å²) in [6, 6.07) is 0. The zero-order valence-corrected chi connectivity index (χ0v) is 12.5. The zero-order valence-electron chi connectivity index (χ0n) is 12.5. The lowest BCUT2D eigenvalue weighted by Crippen LogP contribution is -2.21. The molecule has 0 spiro atoms. The van der Waals surface area contributed by atoms with E-state index in [0.717, 1.165) is 26.4 Å². The van der Waals surface area contributed by atoms with Gasteiger partial charge in [-0.3, -0.25) is 0 Å². The van der Waals surface area contributed by atoms with Crippen LogP contribution in [0.2, 0.25) is 0 Å². The Labute approximate surface area is 118 Å². The molecule has 0 amide bonds. The number of ether oxygens (including phenoxy) is 3. The maximum atomic E-state index is 5.66. The molecule has 0 saturated carbocycles. The molecule has 0 bridgehead atoms. The first-order valence-corrected chi connectivity index (χ1v) is 8.18. The first-order valence-electron chi connectivity index (χ1n) is 8.18. The lowest BCUT2D eigenvalue weighted by atomic mass is 10.0. The van der Waals surface area contributed by atoms with Crippen LogP contribution in [0.3, 0.4) is 0 Å². The van der Waals surface area contributed by atoms with Crippen LogP contribution in [0.1, 0.15) is 64.7 Å². The second kappa shape index (κ2) is 8.23. The van der Waals surface area contributed by atoms with E-state index in [9.17, 15) is 0 Å². The highest BCUT2D eigenvalue weighted by atomic mass is 16.6. The van der Waals surface area contributed by atoms with Crippen molar-refractivity contribution in [3.8, 4) is 0 Å². The monoisotopic (exact) mass is 270 g/mol. The molecule has 2 aliphatic heterocycles. The Morgan fingerprint density at radius 2 is 1.68 bits per heavy atom. The average molecular weight is 270 g/mol. The summed E-state index contributed by atoms with van der Waals surface area (Å²) in [6.45, 7) is 5.57. The summed E-state index contributed by atoms with van der Waals surface area (Å²) in [5.74, 6) is 0. The lowest BCUT2D eigenvalue weighted by molar-refractivity contribution is 0.0637. The normalized spacial score (nSPS) is 28.6. The molecule has 2 aliphatic rings. The smallest absolute Gasteiger partial charge is 0.115 e. The minimum Gasteiger partial charge on any atom is -0.376 e. The fourth-order valence-corrected chi connectivity index (χ4v) is 2.52. The van der Waals surface area contributed by atoms with Crippen molar-refractivity contribution in [3.63, 3.8) is 0 Å². The van der Waals surface area contributed by atoms with E-state index in [1.54, 1.807) is 0 Å². The van der Waals surface area contributed by atoms with Crippen LogP contribution in [0, 0.1) is 0 Å². The summed E-state index contributed by atoms with van der Waals surface area (Å²) in [6.07, 6.45) is 12.6. The SMILES string of the molecule is CCCCCCCCCCC1(COCC2CO2)CO1. The maximum absolute atomic E-state index is 5.66. The van der Waals surface area contributed by atoms with Gasteiger partial charge in [0.25, 0.3) is 0 Å². The molecular formula is C16H30O3. The second-order valence-corrected chi connectivity index (χ2v) is 6.17. The first kappa shape index (κ1) is 15.3. The Bertz CT molecular complexity index is 234. The van der Waals surface area contributed by atoms with Crippen LogP contribution >= 0.6 is 0 Å². The van der Waals surface area contributed by atoms with Crippen LogP contribution < -0.4 is 0 Å². The summed E-state index contributed by atoms with van der Waals surface area (Å²) >= 11 is 0. The third-order valence-corrected chi connectivity index (χ3v) is 4.11. The molecule has 0 N–H and O–H groups in total. The highest BCUT2D eigenvalue weighted by Gasteiger charge is 2.44. The number of hydrogen-bond donors (Lipinski definition) is 0. The third-order valence-electron chi connectivity index (χ3n) is 4.11. The molecular weight excluding hydrogens is 240 g/mol. The highest BCUT2D eigenvalue weighted by molar-refractivity contribution is 4.92. The van der Waals surface area contributed by atoms with E-state index in [1.807, 2.05) is 0 Å². The van der Waals surface area contributed by atoms with Crippen molar-refractivity contribution >= 4 is 0 Å². The van der Waals surface area contributed by atoms with Crippen molar-refractivity contribution in [2.24, 2.45) is 0 Å². The van der Waals surface area contributed by atoms with Gasteiger partial charge >= 0.3 is 0 Å². The Morgan fingerprint density at radius 3 is 2.26 bits per heavy atom. The molecule has 2 unspecified atom stereocenters. The predicted molar refractivity (Wildman–Crippen MR) is 76.5 cm³/mol. The van der Waals surface area contributed by atoms with Crippen molar-refractivity contribution in [2.45, 2.75) is 76.4 Å². The number of hydrogen-bond acceptors (Lipinski definition) is 3. The first-order chi connectivity index (χ1) is 9.35. The molecule has 19 heavy (non-hydrogen) atoms. The molecule has 112 valence electrons. The van der Waals surface area contributed by atoms with Crippen molar-refractivity contribution in [1.82, 2.24) is 0 Å². The Morgan fingerprint density at radius 1 is 1.05 bits per heavy atom. The lowest BCUT2D eigenvalue weighted by Gasteiger charge is -2.11. The van der Waals surface area contributed by atoms with Gasteiger partial charge in [-0.25, -0.2) is 0 Å². The summed E-state index contributed by atoms with van der Waals surface area (Å²) in [4.78, 5) is 0. The zero-order chi connectivity index (χ0) is 13.4. The Hall–Kier alpha value is -0.120. The van der Waals surface area contributed by atoms with Gasteiger partial charge < -0.3 is 14.2 Å². The van der Waals surface area contributed by atoms with Gasteiger partial charge in [-0.2, -0.15) is 0 Å². The third kappa shape index (κ3) is 6.73. The molecule has 2 rings (SSSR count).